The highest BCUT2D eigenvalue weighted by Crippen LogP contribution is 2.10. The molecule has 0 aliphatic rings. The minimum absolute atomic E-state index is 0.0201. The molecule has 0 unspecified atom stereocenters. The van der Waals surface area contributed by atoms with E-state index < -0.39 is 11.5 Å². The number of nitrogens with zero attached hydrogens (tertiary/aromatic N) is 2. The van der Waals surface area contributed by atoms with E-state index in [1.165, 1.54) is 17.5 Å². The highest BCUT2D eigenvalue weighted by Gasteiger charge is 2.13. The standard InChI is InChI=1S/C14H18N4O2S/c1-4-9-7-21-11(17-9)6-16-13(19)10-5-15-12(8(2)3)18-14(10)20/h5,7-8H,4,6H2,1-3H3,(H,16,19)(H,15,18,20). The normalized spacial score (nSPS) is 10.9. The summed E-state index contributed by atoms with van der Waals surface area (Å²) >= 11 is 1.49. The molecule has 0 aliphatic heterocycles. The number of hydrogen-bond acceptors (Lipinski definition) is 5. The maximum atomic E-state index is 12.0. The van der Waals surface area contributed by atoms with Crippen molar-refractivity contribution in [3.63, 3.8) is 0 Å². The van der Waals surface area contributed by atoms with Crippen LogP contribution in [-0.4, -0.2) is 20.9 Å². The van der Waals surface area contributed by atoms with Gasteiger partial charge in [-0.25, -0.2) is 9.97 Å². The second-order valence-electron chi connectivity index (χ2n) is 4.93. The van der Waals surface area contributed by atoms with E-state index in [1.54, 1.807) is 0 Å². The van der Waals surface area contributed by atoms with E-state index in [-0.39, 0.29) is 11.5 Å². The number of nitrogens with one attached hydrogen (secondary N) is 2. The lowest BCUT2D eigenvalue weighted by atomic mass is 10.2. The number of rotatable bonds is 5. The predicted molar refractivity (Wildman–Crippen MR) is 81.6 cm³/mol. The summed E-state index contributed by atoms with van der Waals surface area (Å²) in [4.78, 5) is 35.0. The van der Waals surface area contributed by atoms with Crippen molar-refractivity contribution in [2.45, 2.75) is 39.7 Å². The van der Waals surface area contributed by atoms with E-state index in [1.807, 2.05) is 26.2 Å². The molecule has 0 bridgehead atoms. The monoisotopic (exact) mass is 306 g/mol. The van der Waals surface area contributed by atoms with E-state index in [9.17, 15) is 9.59 Å². The van der Waals surface area contributed by atoms with Gasteiger partial charge in [0.25, 0.3) is 11.5 Å². The number of carbonyl (C=O) groups is 1. The SMILES string of the molecule is CCc1csc(CNC(=O)c2cnc(C(C)C)[nH]c2=O)n1. The third kappa shape index (κ3) is 3.75. The van der Waals surface area contributed by atoms with E-state index in [0.29, 0.717) is 12.4 Å². The number of carbonyl (C=O) groups excluding carboxylic acids is 1. The third-order valence-corrected chi connectivity index (χ3v) is 3.87. The lowest BCUT2D eigenvalue weighted by Crippen LogP contribution is -2.30. The Hall–Kier alpha value is -2.02. The predicted octanol–water partition coefficient (Wildman–Crippen LogP) is 1.84. The largest absolute Gasteiger partial charge is 0.345 e. The van der Waals surface area contributed by atoms with Crippen molar-refractivity contribution in [3.05, 3.63) is 44.0 Å². The van der Waals surface area contributed by atoms with Crippen molar-refractivity contribution < 1.29 is 4.79 Å². The van der Waals surface area contributed by atoms with E-state index in [2.05, 4.69) is 20.3 Å². The van der Waals surface area contributed by atoms with Gasteiger partial charge in [0.2, 0.25) is 0 Å². The molecule has 2 rings (SSSR count). The molecule has 0 aromatic carbocycles. The molecule has 2 N–H and O–H groups in total. The van der Waals surface area contributed by atoms with Crippen molar-refractivity contribution in [1.29, 1.82) is 0 Å². The van der Waals surface area contributed by atoms with Gasteiger partial charge in [0.1, 0.15) is 16.4 Å². The second kappa shape index (κ2) is 6.62. The Balaban J connectivity index is 2.05. The Morgan fingerprint density at radius 3 is 2.81 bits per heavy atom. The van der Waals surface area contributed by atoms with Crippen LogP contribution in [-0.2, 0) is 13.0 Å². The molecule has 6 nitrogen and oxygen atoms in total. The molecular formula is C14H18N4O2S. The molecule has 0 fully saturated rings. The average molecular weight is 306 g/mol. The summed E-state index contributed by atoms with van der Waals surface area (Å²) in [6, 6.07) is 0. The Morgan fingerprint density at radius 2 is 2.24 bits per heavy atom. The summed E-state index contributed by atoms with van der Waals surface area (Å²) in [5.41, 5.74) is 0.608. The quantitative estimate of drug-likeness (QED) is 0.882. The summed E-state index contributed by atoms with van der Waals surface area (Å²) < 4.78 is 0. The molecule has 112 valence electrons. The Bertz CT molecular complexity index is 690. The van der Waals surface area contributed by atoms with E-state index in [0.717, 1.165) is 17.1 Å². The molecule has 1 amide bonds. The Kier molecular flexibility index (Phi) is 4.85. The van der Waals surface area contributed by atoms with E-state index in [4.69, 9.17) is 0 Å². The van der Waals surface area contributed by atoms with Gasteiger partial charge >= 0.3 is 0 Å². The van der Waals surface area contributed by atoms with Crippen LogP contribution in [0.1, 0.15) is 53.6 Å². The van der Waals surface area contributed by atoms with Gasteiger partial charge in [0.15, 0.2) is 0 Å². The smallest absolute Gasteiger partial charge is 0.263 e. The van der Waals surface area contributed by atoms with Crippen molar-refractivity contribution in [3.8, 4) is 0 Å². The van der Waals surface area contributed by atoms with Crippen LogP contribution in [0.25, 0.3) is 0 Å². The fourth-order valence-corrected chi connectivity index (χ4v) is 2.52. The minimum Gasteiger partial charge on any atom is -0.345 e. The first-order valence-corrected chi connectivity index (χ1v) is 7.70. The highest BCUT2D eigenvalue weighted by molar-refractivity contribution is 7.09. The molecular weight excluding hydrogens is 288 g/mol. The molecule has 7 heteroatoms. The molecule has 0 radical (unpaired) electrons. The third-order valence-electron chi connectivity index (χ3n) is 2.97. The average Bonchev–Trinajstić information content (AvgIpc) is 2.92. The minimum atomic E-state index is -0.438. The molecule has 0 aliphatic carbocycles. The summed E-state index contributed by atoms with van der Waals surface area (Å²) in [5.74, 6) is 0.244. The zero-order chi connectivity index (χ0) is 15.4. The first-order chi connectivity index (χ1) is 10.0. The fraction of sp³-hybridized carbons (Fsp3) is 0.429. The van der Waals surface area contributed by atoms with Crippen LogP contribution in [0, 0.1) is 0 Å². The number of aryl methyl sites for hydroxylation is 1. The van der Waals surface area contributed by atoms with Gasteiger partial charge in [-0.2, -0.15) is 0 Å². The number of aromatic amines is 1. The van der Waals surface area contributed by atoms with E-state index >= 15 is 0 Å². The van der Waals surface area contributed by atoms with Gasteiger partial charge in [-0.05, 0) is 6.42 Å². The molecule has 2 aromatic heterocycles. The van der Waals surface area contributed by atoms with Gasteiger partial charge < -0.3 is 10.3 Å². The summed E-state index contributed by atoms with van der Waals surface area (Å²) in [6.07, 6.45) is 2.19. The molecule has 2 aromatic rings. The van der Waals surface area contributed by atoms with Crippen molar-refractivity contribution >= 4 is 17.2 Å². The van der Waals surface area contributed by atoms with Crippen LogP contribution in [0.5, 0.6) is 0 Å². The second-order valence-corrected chi connectivity index (χ2v) is 5.88. The maximum Gasteiger partial charge on any atom is 0.263 e. The topological polar surface area (TPSA) is 87.7 Å². The van der Waals surface area contributed by atoms with Crippen LogP contribution >= 0.6 is 11.3 Å². The number of thiazole rings is 1. The van der Waals surface area contributed by atoms with Gasteiger partial charge in [-0.15, -0.1) is 11.3 Å². The van der Waals surface area contributed by atoms with Crippen molar-refractivity contribution in [2.24, 2.45) is 0 Å². The molecule has 0 saturated carbocycles. The molecule has 0 spiro atoms. The van der Waals surface area contributed by atoms with Gasteiger partial charge in [0.05, 0.1) is 12.2 Å². The first-order valence-electron chi connectivity index (χ1n) is 6.82. The zero-order valence-corrected chi connectivity index (χ0v) is 13.1. The van der Waals surface area contributed by atoms with Crippen LogP contribution < -0.4 is 10.9 Å². The zero-order valence-electron chi connectivity index (χ0n) is 12.3. The fourth-order valence-electron chi connectivity index (χ4n) is 1.71. The van der Waals surface area contributed by atoms with Crippen LogP contribution in [0.2, 0.25) is 0 Å². The molecule has 2 heterocycles. The Labute approximate surface area is 126 Å². The van der Waals surface area contributed by atoms with Gasteiger partial charge in [-0.3, -0.25) is 9.59 Å². The van der Waals surface area contributed by atoms with Gasteiger partial charge in [-0.1, -0.05) is 20.8 Å². The number of H-pyrrole nitrogens is 1. The van der Waals surface area contributed by atoms with Gasteiger partial charge in [0, 0.05) is 17.5 Å². The summed E-state index contributed by atoms with van der Waals surface area (Å²) in [7, 11) is 0. The Morgan fingerprint density at radius 1 is 1.48 bits per heavy atom. The summed E-state index contributed by atoms with van der Waals surface area (Å²) in [6.45, 7) is 6.19. The summed E-state index contributed by atoms with van der Waals surface area (Å²) in [5, 5.41) is 5.48. The number of hydrogen-bond donors (Lipinski definition) is 2. The highest BCUT2D eigenvalue weighted by atomic mass is 32.1. The molecule has 0 saturated heterocycles. The first kappa shape index (κ1) is 15.4. The van der Waals surface area contributed by atoms with Crippen molar-refractivity contribution in [2.75, 3.05) is 0 Å². The van der Waals surface area contributed by atoms with Crippen molar-refractivity contribution in [1.82, 2.24) is 20.3 Å². The molecule has 21 heavy (non-hydrogen) atoms. The number of aromatic nitrogens is 3. The number of amides is 1. The molecule has 0 atom stereocenters. The maximum absolute atomic E-state index is 12.0. The lowest BCUT2D eigenvalue weighted by Gasteiger charge is -2.06. The van der Waals surface area contributed by atoms with Crippen LogP contribution in [0.3, 0.4) is 0 Å². The van der Waals surface area contributed by atoms with Crippen LogP contribution in [0.4, 0.5) is 0 Å². The lowest BCUT2D eigenvalue weighted by molar-refractivity contribution is 0.0949. The van der Waals surface area contributed by atoms with Crippen LogP contribution in [0.15, 0.2) is 16.4 Å².